The molecule has 0 aliphatic carbocycles. The van der Waals surface area contributed by atoms with E-state index in [2.05, 4.69) is 15.6 Å². The lowest BCUT2D eigenvalue weighted by molar-refractivity contribution is -0.0589. The van der Waals surface area contributed by atoms with Gasteiger partial charge in [0, 0.05) is 13.7 Å². The maximum Gasteiger partial charge on any atom is 0.146 e. The van der Waals surface area contributed by atoms with Crippen LogP contribution in [-0.2, 0) is 33.2 Å². The molecule has 0 bridgehead atoms. The Balaban J connectivity index is 1.87. The summed E-state index contributed by atoms with van der Waals surface area (Å²) in [6.07, 6.45) is 1.37. The normalized spacial score (nSPS) is 18.1. The highest BCUT2D eigenvalue weighted by molar-refractivity contribution is 6.16. The summed E-state index contributed by atoms with van der Waals surface area (Å²) in [5, 5.41) is 0. The van der Waals surface area contributed by atoms with E-state index in [1.165, 1.54) is 0 Å². The van der Waals surface area contributed by atoms with E-state index in [-0.39, 0.29) is 6.10 Å². The predicted octanol–water partition coefficient (Wildman–Crippen LogP) is 2.68. The number of methoxy groups -OCH3 is 1. The fourth-order valence-electron chi connectivity index (χ4n) is 2.49. The predicted molar refractivity (Wildman–Crippen MR) is 80.3 cm³/mol. The zero-order chi connectivity index (χ0) is 14.7. The molecule has 2 heterocycles. The second-order valence-electron chi connectivity index (χ2n) is 5.13. The Hall–Kier alpha value is -1.14. The summed E-state index contributed by atoms with van der Waals surface area (Å²) in [6.45, 7) is 2.47. The van der Waals surface area contributed by atoms with Crippen molar-refractivity contribution in [1.82, 2.24) is 9.55 Å². The van der Waals surface area contributed by atoms with Gasteiger partial charge >= 0.3 is 0 Å². The van der Waals surface area contributed by atoms with E-state index in [0.717, 1.165) is 42.0 Å². The zero-order valence-electron chi connectivity index (χ0n) is 12.0. The summed E-state index contributed by atoms with van der Waals surface area (Å²) >= 11 is 6.03. The highest BCUT2D eigenvalue weighted by Gasteiger charge is 2.21. The first-order valence-electron chi connectivity index (χ1n) is 7.04. The first-order valence-corrected chi connectivity index (χ1v) is 7.57. The minimum atomic E-state index is 0.276. The molecule has 1 aliphatic rings. The van der Waals surface area contributed by atoms with E-state index in [4.69, 9.17) is 25.8 Å². The molecule has 1 fully saturated rings. The Morgan fingerprint density at radius 3 is 3.00 bits per heavy atom. The largest absolute Gasteiger partial charge is 0.376 e. The third-order valence-electron chi connectivity index (χ3n) is 3.66. The van der Waals surface area contributed by atoms with Crippen LogP contribution in [0.25, 0.3) is 11.0 Å². The fraction of sp³-hybridized carbons (Fsp3) is 0.533. The van der Waals surface area contributed by atoms with Crippen molar-refractivity contribution in [2.45, 2.75) is 31.6 Å². The Morgan fingerprint density at radius 1 is 1.48 bits per heavy atom. The van der Waals surface area contributed by atoms with Crippen molar-refractivity contribution < 1.29 is 14.2 Å². The van der Waals surface area contributed by atoms with Crippen molar-refractivity contribution >= 4 is 22.6 Å². The molecule has 0 radical (unpaired) electrons. The van der Waals surface area contributed by atoms with Gasteiger partial charge in [0.15, 0.2) is 0 Å². The second-order valence-corrected chi connectivity index (χ2v) is 5.40. The number of aromatic nitrogens is 2. The van der Waals surface area contributed by atoms with E-state index in [1.54, 1.807) is 7.11 Å². The molecule has 5 nitrogen and oxygen atoms in total. The summed E-state index contributed by atoms with van der Waals surface area (Å²) in [7, 11) is 1.61. The maximum absolute atomic E-state index is 6.03. The average Bonchev–Trinajstić information content (AvgIpc) is 2.80. The maximum atomic E-state index is 6.03. The number of rotatable bonds is 7. The molecule has 0 unspecified atom stereocenters. The van der Waals surface area contributed by atoms with Gasteiger partial charge in [-0.1, -0.05) is 6.07 Å². The van der Waals surface area contributed by atoms with Crippen LogP contribution in [0.15, 0.2) is 18.2 Å². The van der Waals surface area contributed by atoms with Crippen LogP contribution in [0.4, 0.5) is 0 Å². The first-order chi connectivity index (χ1) is 10.3. The number of hydrogen-bond donors (Lipinski definition) is 0. The smallest absolute Gasteiger partial charge is 0.146 e. The molecule has 1 saturated heterocycles. The van der Waals surface area contributed by atoms with Gasteiger partial charge in [-0.05, 0) is 24.1 Å². The minimum Gasteiger partial charge on any atom is -0.376 e. The lowest BCUT2D eigenvalue weighted by atomic mass is 10.1. The standard InChI is InChI=1S/C15H19ClN2O3/c1-19-10-20-9-11-2-3-13-14(6-11)18(15(7-16)17-13)8-12-4-5-21-12/h2-3,6,12H,4-5,7-10H2,1H3/t12-/m0/s1. The lowest BCUT2D eigenvalue weighted by Crippen LogP contribution is -2.31. The molecule has 2 aromatic rings. The number of ether oxygens (including phenoxy) is 3. The average molecular weight is 311 g/mol. The van der Waals surface area contributed by atoms with Crippen molar-refractivity contribution in [2.24, 2.45) is 0 Å². The topological polar surface area (TPSA) is 45.5 Å². The second kappa shape index (κ2) is 6.75. The van der Waals surface area contributed by atoms with Crippen LogP contribution in [0.5, 0.6) is 0 Å². The fourth-order valence-corrected chi connectivity index (χ4v) is 2.69. The Morgan fingerprint density at radius 2 is 2.33 bits per heavy atom. The first kappa shape index (κ1) is 14.8. The van der Waals surface area contributed by atoms with Crippen LogP contribution in [0.2, 0.25) is 0 Å². The van der Waals surface area contributed by atoms with Crippen molar-refractivity contribution in [2.75, 3.05) is 20.5 Å². The molecule has 114 valence electrons. The molecular formula is C15H19ClN2O3. The Labute approximate surface area is 128 Å². The monoisotopic (exact) mass is 310 g/mol. The minimum absolute atomic E-state index is 0.276. The van der Waals surface area contributed by atoms with Gasteiger partial charge in [0.25, 0.3) is 0 Å². The molecule has 3 rings (SSSR count). The summed E-state index contributed by atoms with van der Waals surface area (Å²) in [6, 6.07) is 6.13. The van der Waals surface area contributed by atoms with E-state index in [1.807, 2.05) is 12.1 Å². The number of imidazole rings is 1. The summed E-state index contributed by atoms with van der Waals surface area (Å²) in [5.74, 6) is 1.29. The van der Waals surface area contributed by atoms with Crippen LogP contribution >= 0.6 is 11.6 Å². The van der Waals surface area contributed by atoms with E-state index < -0.39 is 0 Å². The molecule has 0 spiro atoms. The molecule has 6 heteroatoms. The van der Waals surface area contributed by atoms with E-state index in [9.17, 15) is 0 Å². The Kier molecular flexibility index (Phi) is 4.75. The number of nitrogens with zero attached hydrogens (tertiary/aromatic N) is 2. The third kappa shape index (κ3) is 3.21. The summed E-state index contributed by atoms with van der Waals surface area (Å²) in [4.78, 5) is 4.59. The molecular weight excluding hydrogens is 292 g/mol. The third-order valence-corrected chi connectivity index (χ3v) is 3.90. The Bertz CT molecular complexity index is 610. The highest BCUT2D eigenvalue weighted by atomic mass is 35.5. The van der Waals surface area contributed by atoms with Gasteiger partial charge in [0.05, 0.1) is 36.2 Å². The number of benzene rings is 1. The molecule has 1 aromatic heterocycles. The summed E-state index contributed by atoms with van der Waals surface area (Å²) in [5.41, 5.74) is 3.14. The van der Waals surface area contributed by atoms with Gasteiger partial charge in [-0.25, -0.2) is 4.98 Å². The molecule has 0 amide bonds. The van der Waals surface area contributed by atoms with Crippen LogP contribution in [0, 0.1) is 0 Å². The molecule has 1 aromatic carbocycles. The zero-order valence-corrected chi connectivity index (χ0v) is 12.8. The van der Waals surface area contributed by atoms with Crippen molar-refractivity contribution in [3.8, 4) is 0 Å². The highest BCUT2D eigenvalue weighted by Crippen LogP contribution is 2.23. The van der Waals surface area contributed by atoms with Crippen LogP contribution in [0.3, 0.4) is 0 Å². The van der Waals surface area contributed by atoms with Crippen molar-refractivity contribution in [3.05, 3.63) is 29.6 Å². The SMILES string of the molecule is COCOCc1ccc2nc(CCl)n(C[C@@H]3CCO3)c2c1. The molecule has 0 N–H and O–H groups in total. The van der Waals surface area contributed by atoms with Crippen LogP contribution in [0.1, 0.15) is 17.8 Å². The van der Waals surface area contributed by atoms with Crippen LogP contribution in [-0.4, -0.2) is 36.2 Å². The quantitative estimate of drug-likeness (QED) is 0.448. The van der Waals surface area contributed by atoms with Gasteiger partial charge in [0.2, 0.25) is 0 Å². The van der Waals surface area contributed by atoms with E-state index in [0.29, 0.717) is 19.3 Å². The van der Waals surface area contributed by atoms with Gasteiger partial charge in [-0.2, -0.15) is 0 Å². The number of halogens is 1. The van der Waals surface area contributed by atoms with E-state index >= 15 is 0 Å². The van der Waals surface area contributed by atoms with Crippen molar-refractivity contribution in [3.63, 3.8) is 0 Å². The molecule has 21 heavy (non-hydrogen) atoms. The van der Waals surface area contributed by atoms with Gasteiger partial charge < -0.3 is 18.8 Å². The molecule has 0 saturated carbocycles. The van der Waals surface area contributed by atoms with Crippen LogP contribution < -0.4 is 0 Å². The summed E-state index contributed by atoms with van der Waals surface area (Å²) < 4.78 is 18.0. The molecule has 1 atom stereocenters. The molecule has 1 aliphatic heterocycles. The number of hydrogen-bond acceptors (Lipinski definition) is 4. The van der Waals surface area contributed by atoms with Gasteiger partial charge in [-0.3, -0.25) is 0 Å². The number of fused-ring (bicyclic) bond motifs is 1. The number of alkyl halides is 1. The lowest BCUT2D eigenvalue weighted by Gasteiger charge is -2.27. The van der Waals surface area contributed by atoms with Crippen molar-refractivity contribution in [1.29, 1.82) is 0 Å². The van der Waals surface area contributed by atoms with Gasteiger partial charge in [0.1, 0.15) is 12.6 Å². The van der Waals surface area contributed by atoms with Gasteiger partial charge in [-0.15, -0.1) is 11.6 Å².